The van der Waals surface area contributed by atoms with Gasteiger partial charge < -0.3 is 19.8 Å². The Labute approximate surface area is 153 Å². The van der Waals surface area contributed by atoms with E-state index in [1.54, 1.807) is 36.4 Å². The van der Waals surface area contributed by atoms with Crippen LogP contribution < -0.4 is 4.74 Å². The van der Waals surface area contributed by atoms with Crippen molar-refractivity contribution in [3.8, 4) is 11.5 Å². The Hall–Kier alpha value is -2.11. The van der Waals surface area contributed by atoms with Crippen molar-refractivity contribution < 1.29 is 19.3 Å². The van der Waals surface area contributed by atoms with E-state index in [4.69, 9.17) is 4.74 Å². The van der Waals surface area contributed by atoms with Crippen LogP contribution in [0, 0.1) is 5.82 Å². The minimum Gasteiger partial charge on any atom is -0.508 e. The average molecular weight is 359 g/mol. The number of hydrogen-bond donors (Lipinski definition) is 2. The molecule has 0 aromatic heterocycles. The maximum Gasteiger partial charge on any atom is 0.123 e. The van der Waals surface area contributed by atoms with Gasteiger partial charge in [0.15, 0.2) is 0 Å². The zero-order valence-corrected chi connectivity index (χ0v) is 14.9. The van der Waals surface area contributed by atoms with Crippen molar-refractivity contribution in [2.45, 2.75) is 31.3 Å². The number of ether oxygens (including phenoxy) is 1. The third kappa shape index (κ3) is 5.44. The molecule has 3 rings (SSSR count). The van der Waals surface area contributed by atoms with E-state index in [1.807, 2.05) is 0 Å². The Morgan fingerprint density at radius 3 is 2.31 bits per heavy atom. The van der Waals surface area contributed by atoms with E-state index < -0.39 is 5.60 Å². The summed E-state index contributed by atoms with van der Waals surface area (Å²) in [4.78, 5) is 2.35. The predicted octanol–water partition coefficient (Wildman–Crippen LogP) is 3.37. The number of hydrogen-bond acceptors (Lipinski definition) is 4. The number of halogens is 1. The summed E-state index contributed by atoms with van der Waals surface area (Å²) >= 11 is 0. The average Bonchev–Trinajstić information content (AvgIpc) is 2.64. The van der Waals surface area contributed by atoms with Gasteiger partial charge in [0.05, 0.1) is 12.2 Å². The van der Waals surface area contributed by atoms with E-state index in [2.05, 4.69) is 4.90 Å². The lowest BCUT2D eigenvalue weighted by atomic mass is 9.85. The van der Waals surface area contributed by atoms with Gasteiger partial charge in [-0.25, -0.2) is 4.39 Å². The molecule has 0 unspecified atom stereocenters. The van der Waals surface area contributed by atoms with Crippen LogP contribution in [0.15, 0.2) is 48.5 Å². The molecule has 1 saturated heterocycles. The van der Waals surface area contributed by atoms with E-state index in [-0.39, 0.29) is 11.6 Å². The second-order valence-corrected chi connectivity index (χ2v) is 7.07. The fourth-order valence-electron chi connectivity index (χ4n) is 3.37. The van der Waals surface area contributed by atoms with Crippen molar-refractivity contribution in [2.75, 3.05) is 26.2 Å². The summed E-state index contributed by atoms with van der Waals surface area (Å²) in [5.74, 6) is 0.749. The Bertz CT molecular complexity index is 679. The van der Waals surface area contributed by atoms with Gasteiger partial charge in [0.25, 0.3) is 0 Å². The van der Waals surface area contributed by atoms with Gasteiger partial charge in [0, 0.05) is 26.1 Å². The molecular formula is C21H26FNO3. The van der Waals surface area contributed by atoms with E-state index in [0.717, 1.165) is 50.2 Å². The zero-order valence-electron chi connectivity index (χ0n) is 14.9. The minimum atomic E-state index is -0.698. The van der Waals surface area contributed by atoms with E-state index in [0.29, 0.717) is 13.0 Å². The summed E-state index contributed by atoms with van der Waals surface area (Å²) in [5.41, 5.74) is 0.279. The smallest absolute Gasteiger partial charge is 0.123 e. The van der Waals surface area contributed by atoms with Crippen LogP contribution in [0.3, 0.4) is 0 Å². The fraction of sp³-hybridized carbons (Fsp3) is 0.429. The van der Waals surface area contributed by atoms with E-state index >= 15 is 0 Å². The van der Waals surface area contributed by atoms with Crippen LogP contribution in [0.4, 0.5) is 4.39 Å². The topological polar surface area (TPSA) is 52.9 Å². The van der Waals surface area contributed by atoms with Crippen molar-refractivity contribution in [1.29, 1.82) is 0 Å². The van der Waals surface area contributed by atoms with E-state index in [9.17, 15) is 14.6 Å². The second kappa shape index (κ2) is 8.52. The van der Waals surface area contributed by atoms with Crippen molar-refractivity contribution >= 4 is 0 Å². The number of rotatable bonds is 7. The Balaban J connectivity index is 1.36. The molecule has 2 N–H and O–H groups in total. The monoisotopic (exact) mass is 359 g/mol. The lowest BCUT2D eigenvalue weighted by Crippen LogP contribution is -2.46. The van der Waals surface area contributed by atoms with Crippen LogP contribution in [-0.4, -0.2) is 47.0 Å². The number of likely N-dealkylation sites (tertiary alicyclic amines) is 1. The Kier molecular flexibility index (Phi) is 6.12. The highest BCUT2D eigenvalue weighted by Gasteiger charge is 2.32. The highest BCUT2D eigenvalue weighted by atomic mass is 19.1. The van der Waals surface area contributed by atoms with Gasteiger partial charge in [-0.15, -0.1) is 0 Å². The van der Waals surface area contributed by atoms with Gasteiger partial charge in [-0.3, -0.25) is 0 Å². The second-order valence-electron chi connectivity index (χ2n) is 7.07. The number of phenols is 1. The number of nitrogens with zero attached hydrogens (tertiary/aromatic N) is 1. The lowest BCUT2D eigenvalue weighted by Gasteiger charge is -2.38. The summed E-state index contributed by atoms with van der Waals surface area (Å²) in [7, 11) is 0. The molecule has 0 saturated carbocycles. The lowest BCUT2D eigenvalue weighted by molar-refractivity contribution is -0.0212. The highest BCUT2D eigenvalue weighted by molar-refractivity contribution is 5.30. The number of aliphatic hydroxyl groups is 1. The molecule has 2 aromatic carbocycles. The van der Waals surface area contributed by atoms with Gasteiger partial charge >= 0.3 is 0 Å². The highest BCUT2D eigenvalue weighted by Crippen LogP contribution is 2.26. The quantitative estimate of drug-likeness (QED) is 0.745. The molecule has 0 amide bonds. The normalized spacial score (nSPS) is 17.2. The molecule has 1 heterocycles. The molecule has 0 aliphatic carbocycles. The van der Waals surface area contributed by atoms with Crippen LogP contribution in [0.1, 0.15) is 24.8 Å². The Morgan fingerprint density at radius 1 is 1.00 bits per heavy atom. The minimum absolute atomic E-state index is 0.235. The van der Waals surface area contributed by atoms with Crippen molar-refractivity contribution in [2.24, 2.45) is 0 Å². The molecule has 140 valence electrons. The van der Waals surface area contributed by atoms with Crippen molar-refractivity contribution in [1.82, 2.24) is 4.90 Å². The molecule has 1 aliphatic heterocycles. The molecule has 1 fully saturated rings. The van der Waals surface area contributed by atoms with Crippen LogP contribution >= 0.6 is 0 Å². The van der Waals surface area contributed by atoms with Gasteiger partial charge in [-0.1, -0.05) is 12.1 Å². The summed E-state index contributed by atoms with van der Waals surface area (Å²) in [6.07, 6.45) is 2.94. The largest absolute Gasteiger partial charge is 0.508 e. The first kappa shape index (κ1) is 18.7. The molecule has 26 heavy (non-hydrogen) atoms. The molecule has 5 heteroatoms. The van der Waals surface area contributed by atoms with Crippen LogP contribution in [-0.2, 0) is 6.42 Å². The maximum atomic E-state index is 13.0. The van der Waals surface area contributed by atoms with Crippen LogP contribution in [0.2, 0.25) is 0 Å². The number of piperidine rings is 1. The van der Waals surface area contributed by atoms with Gasteiger partial charge in [-0.05, 0) is 61.2 Å². The third-order valence-electron chi connectivity index (χ3n) is 4.96. The number of aromatic hydroxyl groups is 1. The maximum absolute atomic E-state index is 13.0. The summed E-state index contributed by atoms with van der Waals surface area (Å²) in [6.45, 7) is 3.28. The third-order valence-corrected chi connectivity index (χ3v) is 4.96. The zero-order chi connectivity index (χ0) is 18.4. The predicted molar refractivity (Wildman–Crippen MR) is 98.9 cm³/mol. The number of benzene rings is 2. The van der Waals surface area contributed by atoms with Gasteiger partial charge in [0.2, 0.25) is 0 Å². The first-order valence-corrected chi connectivity index (χ1v) is 9.13. The van der Waals surface area contributed by atoms with Crippen molar-refractivity contribution in [3.05, 3.63) is 59.9 Å². The molecule has 2 aromatic rings. The number of phenolic OH excluding ortho intramolecular Hbond substituents is 1. The SMILES string of the molecule is Oc1ccc(OCCCN2CCC(O)(Cc3ccc(F)cc3)CC2)cc1. The molecule has 0 atom stereocenters. The summed E-state index contributed by atoms with van der Waals surface area (Å²) in [5, 5.41) is 20.0. The molecule has 4 nitrogen and oxygen atoms in total. The van der Waals surface area contributed by atoms with Crippen molar-refractivity contribution in [3.63, 3.8) is 0 Å². The standard InChI is InChI=1S/C21H26FNO3/c22-18-4-2-17(3-5-18)16-21(25)10-13-23(14-11-21)12-1-15-26-20-8-6-19(24)7-9-20/h2-9,24-25H,1,10-16H2. The van der Waals surface area contributed by atoms with E-state index in [1.165, 1.54) is 12.1 Å². The molecule has 0 radical (unpaired) electrons. The molecule has 0 spiro atoms. The van der Waals surface area contributed by atoms with Gasteiger partial charge in [-0.2, -0.15) is 0 Å². The van der Waals surface area contributed by atoms with Gasteiger partial charge in [0.1, 0.15) is 17.3 Å². The molecule has 1 aliphatic rings. The molecule has 0 bridgehead atoms. The summed E-state index contributed by atoms with van der Waals surface area (Å²) in [6, 6.07) is 13.1. The Morgan fingerprint density at radius 2 is 1.65 bits per heavy atom. The van der Waals surface area contributed by atoms with Crippen LogP contribution in [0.5, 0.6) is 11.5 Å². The fourth-order valence-corrected chi connectivity index (χ4v) is 3.37. The van der Waals surface area contributed by atoms with Crippen LogP contribution in [0.25, 0.3) is 0 Å². The first-order chi connectivity index (χ1) is 12.5. The molecular weight excluding hydrogens is 333 g/mol. The first-order valence-electron chi connectivity index (χ1n) is 9.13. The summed E-state index contributed by atoms with van der Waals surface area (Å²) < 4.78 is 18.7.